The average molecular weight is 593 g/mol. The van der Waals surface area contributed by atoms with Crippen LogP contribution in [0.5, 0.6) is 0 Å². The molecule has 1 aliphatic rings. The van der Waals surface area contributed by atoms with E-state index in [-0.39, 0.29) is 6.04 Å². The first-order valence-corrected chi connectivity index (χ1v) is 15.8. The summed E-state index contributed by atoms with van der Waals surface area (Å²) in [7, 11) is 0. The second-order valence-corrected chi connectivity index (χ2v) is 11.4. The van der Waals surface area contributed by atoms with Crippen molar-refractivity contribution in [1.29, 1.82) is 0 Å². The first-order valence-electron chi connectivity index (χ1n) is 15.8. The van der Waals surface area contributed by atoms with Crippen molar-refractivity contribution in [2.75, 3.05) is 9.80 Å². The Morgan fingerprint density at radius 2 is 1.13 bits per heavy atom. The summed E-state index contributed by atoms with van der Waals surface area (Å²) in [5.74, 6) is 0. The summed E-state index contributed by atoms with van der Waals surface area (Å²) in [4.78, 5) is 4.72. The highest BCUT2D eigenvalue weighted by molar-refractivity contribution is 5.98. The largest absolute Gasteiger partial charge is 0.334 e. The second kappa shape index (κ2) is 13.4. The minimum Gasteiger partial charge on any atom is -0.334 e. The molecule has 1 atom stereocenters. The van der Waals surface area contributed by atoms with Gasteiger partial charge in [-0.15, -0.1) is 0 Å². The topological polar surface area (TPSA) is 6.48 Å². The molecule has 0 saturated heterocycles. The van der Waals surface area contributed by atoms with Crippen LogP contribution >= 0.6 is 0 Å². The normalized spacial score (nSPS) is 14.4. The van der Waals surface area contributed by atoms with Crippen LogP contribution in [0.1, 0.15) is 6.42 Å². The van der Waals surface area contributed by atoms with Gasteiger partial charge >= 0.3 is 0 Å². The number of benzene rings is 6. The van der Waals surface area contributed by atoms with Crippen LogP contribution in [0.4, 0.5) is 22.7 Å². The molecular weight excluding hydrogens is 556 g/mol. The maximum absolute atomic E-state index is 3.80. The average Bonchev–Trinajstić information content (AvgIpc) is 3.13. The van der Waals surface area contributed by atoms with Crippen molar-refractivity contribution in [3.05, 3.63) is 195 Å². The van der Waals surface area contributed by atoms with Gasteiger partial charge in [0.05, 0.1) is 11.7 Å². The lowest BCUT2D eigenvalue weighted by Gasteiger charge is -2.33. The standard InChI is InChI=1S/C44H36N2/c1-2-3-4-12-33-45(43-23-13-17-36-15-8-10-21-41(36)43)38-29-25-34(26-30-38)35-27-31-40(32-28-35)46(39-19-6-5-7-20-39)44-24-14-18-37-16-9-11-22-42(37)44/h2-19,21-33,39H,1,20H2/b4-3-,33-12-. The van der Waals surface area contributed by atoms with E-state index in [2.05, 4.69) is 186 Å². The van der Waals surface area contributed by atoms with Crippen molar-refractivity contribution < 1.29 is 0 Å². The smallest absolute Gasteiger partial charge is 0.0560 e. The molecule has 7 rings (SSSR count). The Hall–Kier alpha value is -5.86. The number of hydrogen-bond acceptors (Lipinski definition) is 2. The van der Waals surface area contributed by atoms with E-state index in [0.29, 0.717) is 0 Å². The van der Waals surface area contributed by atoms with Gasteiger partial charge in [-0.25, -0.2) is 0 Å². The van der Waals surface area contributed by atoms with Gasteiger partial charge in [0.25, 0.3) is 0 Å². The third-order valence-electron chi connectivity index (χ3n) is 8.56. The Bertz CT molecular complexity index is 2080. The maximum Gasteiger partial charge on any atom is 0.0560 e. The predicted octanol–water partition coefficient (Wildman–Crippen LogP) is 12.1. The maximum atomic E-state index is 3.80. The zero-order valence-corrected chi connectivity index (χ0v) is 25.8. The van der Waals surface area contributed by atoms with Crippen molar-refractivity contribution >= 4 is 44.3 Å². The van der Waals surface area contributed by atoms with E-state index in [0.717, 1.165) is 17.8 Å². The molecule has 0 spiro atoms. The fraction of sp³-hybridized carbons (Fsp3) is 0.0455. The SMILES string of the molecule is C=C/C=C\C=C/N(c1ccc(-c2ccc(N(c3cccc4ccccc34)C3C=CC=CC3)cc2)cc1)c1cccc2ccccc12. The molecular formula is C44H36N2. The zero-order chi connectivity index (χ0) is 31.1. The van der Waals surface area contributed by atoms with E-state index in [1.165, 1.54) is 44.0 Å². The van der Waals surface area contributed by atoms with Crippen LogP contribution < -0.4 is 9.80 Å². The number of rotatable bonds is 9. The monoisotopic (exact) mass is 592 g/mol. The van der Waals surface area contributed by atoms with Gasteiger partial charge in [0.1, 0.15) is 0 Å². The molecule has 0 aromatic heterocycles. The molecule has 0 fully saturated rings. The lowest BCUT2D eigenvalue weighted by atomic mass is 10.0. The molecule has 0 radical (unpaired) electrons. The van der Waals surface area contributed by atoms with Crippen molar-refractivity contribution in [2.45, 2.75) is 12.5 Å². The number of anilines is 4. The number of hydrogen-bond donors (Lipinski definition) is 0. The van der Waals surface area contributed by atoms with E-state index in [9.17, 15) is 0 Å². The lowest BCUT2D eigenvalue weighted by molar-refractivity contribution is 0.787. The van der Waals surface area contributed by atoms with E-state index in [1.54, 1.807) is 6.08 Å². The molecule has 0 aliphatic heterocycles. The van der Waals surface area contributed by atoms with Crippen LogP contribution in [-0.4, -0.2) is 6.04 Å². The Morgan fingerprint density at radius 3 is 1.76 bits per heavy atom. The fourth-order valence-corrected chi connectivity index (χ4v) is 6.32. The van der Waals surface area contributed by atoms with Crippen LogP contribution in [0.3, 0.4) is 0 Å². The molecule has 2 nitrogen and oxygen atoms in total. The van der Waals surface area contributed by atoms with Crippen molar-refractivity contribution in [3.63, 3.8) is 0 Å². The second-order valence-electron chi connectivity index (χ2n) is 11.4. The first kappa shape index (κ1) is 28.9. The van der Waals surface area contributed by atoms with Gasteiger partial charge in [-0.2, -0.15) is 0 Å². The van der Waals surface area contributed by atoms with Crippen LogP contribution in [0.25, 0.3) is 32.7 Å². The Balaban J connectivity index is 1.22. The van der Waals surface area contributed by atoms with Crippen LogP contribution in [0, 0.1) is 0 Å². The molecule has 6 aromatic carbocycles. The molecule has 1 aliphatic carbocycles. The molecule has 1 unspecified atom stereocenters. The fourth-order valence-electron chi connectivity index (χ4n) is 6.32. The molecule has 0 heterocycles. The summed E-state index contributed by atoms with van der Waals surface area (Å²) in [6.45, 7) is 3.80. The minimum atomic E-state index is 0.246. The van der Waals surface area contributed by atoms with Gasteiger partial charge in [0.15, 0.2) is 0 Å². The minimum absolute atomic E-state index is 0.246. The summed E-state index contributed by atoms with van der Waals surface area (Å²) in [6.07, 6.45) is 19.7. The number of allylic oxidation sites excluding steroid dienone is 6. The summed E-state index contributed by atoms with van der Waals surface area (Å²) in [5, 5.41) is 4.94. The third kappa shape index (κ3) is 5.94. The molecule has 2 heteroatoms. The Labute approximate surface area is 271 Å². The van der Waals surface area contributed by atoms with Gasteiger partial charge in [-0.05, 0) is 70.8 Å². The van der Waals surface area contributed by atoms with E-state index < -0.39 is 0 Å². The summed E-state index contributed by atoms with van der Waals surface area (Å²) in [5.41, 5.74) is 7.01. The Kier molecular flexibility index (Phi) is 8.43. The van der Waals surface area contributed by atoms with Gasteiger partial charge in [-0.1, -0.05) is 146 Å². The van der Waals surface area contributed by atoms with Crippen molar-refractivity contribution in [2.24, 2.45) is 0 Å². The zero-order valence-electron chi connectivity index (χ0n) is 25.8. The summed E-state index contributed by atoms with van der Waals surface area (Å²) >= 11 is 0. The molecule has 0 amide bonds. The van der Waals surface area contributed by atoms with E-state index >= 15 is 0 Å². The summed E-state index contributed by atoms with van der Waals surface area (Å²) in [6, 6.07) is 48.3. The third-order valence-corrected chi connectivity index (χ3v) is 8.56. The Morgan fingerprint density at radius 1 is 0.543 bits per heavy atom. The quantitative estimate of drug-likeness (QED) is 0.154. The van der Waals surface area contributed by atoms with Crippen molar-refractivity contribution in [1.82, 2.24) is 0 Å². The van der Waals surface area contributed by atoms with Crippen LogP contribution in [-0.2, 0) is 0 Å². The lowest BCUT2D eigenvalue weighted by Crippen LogP contribution is -2.29. The van der Waals surface area contributed by atoms with Gasteiger partial charge in [-0.3, -0.25) is 0 Å². The van der Waals surface area contributed by atoms with Crippen LogP contribution in [0.2, 0.25) is 0 Å². The van der Waals surface area contributed by atoms with E-state index in [4.69, 9.17) is 0 Å². The van der Waals surface area contributed by atoms with E-state index in [1.807, 2.05) is 12.2 Å². The number of fused-ring (bicyclic) bond motifs is 2. The number of nitrogens with zero attached hydrogens (tertiary/aromatic N) is 2. The molecule has 222 valence electrons. The predicted molar refractivity (Wildman–Crippen MR) is 199 cm³/mol. The highest BCUT2D eigenvalue weighted by Gasteiger charge is 2.21. The molecule has 0 N–H and O–H groups in total. The first-order chi connectivity index (χ1) is 22.8. The molecule has 6 aromatic rings. The van der Waals surface area contributed by atoms with Crippen molar-refractivity contribution in [3.8, 4) is 11.1 Å². The molecule has 0 saturated carbocycles. The van der Waals surface area contributed by atoms with Gasteiger partial charge < -0.3 is 9.80 Å². The van der Waals surface area contributed by atoms with Gasteiger partial charge in [0, 0.05) is 34.0 Å². The molecule has 46 heavy (non-hydrogen) atoms. The van der Waals surface area contributed by atoms with Crippen LogP contribution in [0.15, 0.2) is 195 Å². The highest BCUT2D eigenvalue weighted by atomic mass is 15.2. The van der Waals surface area contributed by atoms with Gasteiger partial charge in [0.2, 0.25) is 0 Å². The highest BCUT2D eigenvalue weighted by Crippen LogP contribution is 2.38. The summed E-state index contributed by atoms with van der Waals surface area (Å²) < 4.78 is 0. The molecule has 0 bridgehead atoms.